The van der Waals surface area contributed by atoms with Gasteiger partial charge in [-0.1, -0.05) is 18.2 Å². The molecule has 5 nitrogen and oxygen atoms in total. The van der Waals surface area contributed by atoms with Crippen molar-refractivity contribution in [3.05, 3.63) is 40.7 Å². The Bertz CT molecular complexity index is 698. The van der Waals surface area contributed by atoms with Gasteiger partial charge in [0.15, 0.2) is 0 Å². The van der Waals surface area contributed by atoms with Crippen LogP contribution in [0.4, 0.5) is 0 Å². The van der Waals surface area contributed by atoms with Gasteiger partial charge in [-0.05, 0) is 51.3 Å². The molecule has 1 aromatic carbocycles. The lowest BCUT2D eigenvalue weighted by atomic mass is 9.94. The van der Waals surface area contributed by atoms with Crippen LogP contribution < -0.4 is 10.5 Å². The van der Waals surface area contributed by atoms with Crippen LogP contribution in [0.5, 0.6) is 6.01 Å². The van der Waals surface area contributed by atoms with Crippen molar-refractivity contribution in [2.24, 2.45) is 5.73 Å². The van der Waals surface area contributed by atoms with Gasteiger partial charge in [-0.15, -0.1) is 0 Å². The van der Waals surface area contributed by atoms with Gasteiger partial charge < -0.3 is 15.6 Å². The van der Waals surface area contributed by atoms with E-state index in [2.05, 4.69) is 23.0 Å². The Labute approximate surface area is 143 Å². The maximum atomic E-state index is 9.75. The van der Waals surface area contributed by atoms with Gasteiger partial charge in [-0.3, -0.25) is 0 Å². The van der Waals surface area contributed by atoms with Crippen molar-refractivity contribution in [2.45, 2.75) is 53.2 Å². The molecule has 0 saturated heterocycles. The highest BCUT2D eigenvalue weighted by atomic mass is 16.5. The summed E-state index contributed by atoms with van der Waals surface area (Å²) < 4.78 is 5.61. The topological polar surface area (TPSA) is 81.3 Å². The average Bonchev–Trinajstić information content (AvgIpc) is 2.47. The van der Waals surface area contributed by atoms with Crippen molar-refractivity contribution in [1.82, 2.24) is 9.97 Å². The second-order valence-electron chi connectivity index (χ2n) is 6.76. The minimum absolute atomic E-state index is 0.352. The molecule has 1 aromatic heterocycles. The van der Waals surface area contributed by atoms with Gasteiger partial charge in [-0.2, -0.15) is 9.97 Å². The van der Waals surface area contributed by atoms with Crippen molar-refractivity contribution in [3.63, 3.8) is 0 Å². The molecule has 0 bridgehead atoms. The molecule has 2 aromatic rings. The Kier molecular flexibility index (Phi) is 5.57. The lowest BCUT2D eigenvalue weighted by molar-refractivity contribution is 0.0539. The fraction of sp³-hybridized carbons (Fsp3) is 0.474. The first-order valence-electron chi connectivity index (χ1n) is 8.22. The molecule has 1 heterocycles. The normalized spacial score (nSPS) is 11.6. The molecule has 3 N–H and O–H groups in total. The first-order chi connectivity index (χ1) is 11.2. The van der Waals surface area contributed by atoms with Crippen LogP contribution in [-0.4, -0.2) is 27.3 Å². The number of rotatable bonds is 6. The predicted molar refractivity (Wildman–Crippen MR) is 96.0 cm³/mol. The highest BCUT2D eigenvalue weighted by Gasteiger charge is 2.16. The van der Waals surface area contributed by atoms with Crippen LogP contribution in [0.2, 0.25) is 0 Å². The van der Waals surface area contributed by atoms with E-state index in [0.29, 0.717) is 25.6 Å². The largest absolute Gasteiger partial charge is 0.463 e. The predicted octanol–water partition coefficient (Wildman–Crippen LogP) is 3.07. The molecule has 0 fully saturated rings. The zero-order valence-electron chi connectivity index (χ0n) is 15.2. The average molecular weight is 329 g/mol. The summed E-state index contributed by atoms with van der Waals surface area (Å²) in [5.74, 6) is 0. The molecule has 0 spiro atoms. The van der Waals surface area contributed by atoms with Crippen LogP contribution in [0.15, 0.2) is 18.2 Å². The maximum Gasteiger partial charge on any atom is 0.316 e. The number of aromatic nitrogens is 2. The first kappa shape index (κ1) is 18.4. The molecule has 2 rings (SSSR count). The standard InChI is InChI=1S/C19H27N3O2/c1-12-15(11-20)7-6-8-16(12)17-13(2)21-18(22-14(17)3)24-10-9-19(4,5)23/h6-8,23H,9-11,20H2,1-5H3. The van der Waals surface area contributed by atoms with E-state index >= 15 is 0 Å². The first-order valence-corrected chi connectivity index (χ1v) is 8.22. The van der Waals surface area contributed by atoms with Crippen LogP contribution in [0.25, 0.3) is 11.1 Å². The van der Waals surface area contributed by atoms with Crippen LogP contribution in [0.1, 0.15) is 42.8 Å². The molecule has 0 aliphatic carbocycles. The van der Waals surface area contributed by atoms with Gasteiger partial charge in [-0.25, -0.2) is 0 Å². The minimum atomic E-state index is -0.760. The lowest BCUT2D eigenvalue weighted by Crippen LogP contribution is -2.22. The second kappa shape index (κ2) is 7.28. The maximum absolute atomic E-state index is 9.75. The molecular weight excluding hydrogens is 302 g/mol. The molecule has 130 valence electrons. The van der Waals surface area contributed by atoms with Gasteiger partial charge in [0.2, 0.25) is 0 Å². The number of nitrogens with two attached hydrogens (primary N) is 1. The number of benzene rings is 1. The van der Waals surface area contributed by atoms with E-state index in [1.165, 1.54) is 0 Å². The van der Waals surface area contributed by atoms with E-state index in [-0.39, 0.29) is 0 Å². The number of ether oxygens (including phenoxy) is 1. The Balaban J connectivity index is 2.31. The SMILES string of the molecule is Cc1nc(OCCC(C)(C)O)nc(C)c1-c1cccc(CN)c1C. The summed E-state index contributed by atoms with van der Waals surface area (Å²) in [5, 5.41) is 9.75. The number of aliphatic hydroxyl groups is 1. The zero-order chi connectivity index (χ0) is 17.9. The fourth-order valence-corrected chi connectivity index (χ4v) is 2.71. The van der Waals surface area contributed by atoms with Gasteiger partial charge in [0, 0.05) is 18.5 Å². The molecule has 0 saturated carbocycles. The number of nitrogens with zero attached hydrogens (tertiary/aromatic N) is 2. The van der Waals surface area contributed by atoms with Gasteiger partial charge in [0.25, 0.3) is 0 Å². The summed E-state index contributed by atoms with van der Waals surface area (Å²) in [6.07, 6.45) is 0.522. The lowest BCUT2D eigenvalue weighted by Gasteiger charge is -2.18. The van der Waals surface area contributed by atoms with Crippen LogP contribution >= 0.6 is 0 Å². The van der Waals surface area contributed by atoms with E-state index in [4.69, 9.17) is 10.5 Å². The Hall–Kier alpha value is -1.98. The van der Waals surface area contributed by atoms with Gasteiger partial charge in [0.1, 0.15) is 0 Å². The van der Waals surface area contributed by atoms with E-state index < -0.39 is 5.60 Å². The molecule has 0 radical (unpaired) electrons. The summed E-state index contributed by atoms with van der Waals surface area (Å²) in [6.45, 7) is 10.4. The quantitative estimate of drug-likeness (QED) is 0.851. The van der Waals surface area contributed by atoms with E-state index in [0.717, 1.165) is 33.6 Å². The Morgan fingerprint density at radius 2 is 1.75 bits per heavy atom. The molecule has 5 heteroatoms. The third-order valence-electron chi connectivity index (χ3n) is 4.13. The molecule has 24 heavy (non-hydrogen) atoms. The van der Waals surface area contributed by atoms with E-state index in [1.54, 1.807) is 13.8 Å². The number of hydrogen-bond acceptors (Lipinski definition) is 5. The molecule has 0 amide bonds. The molecule has 0 aliphatic rings. The highest BCUT2D eigenvalue weighted by molar-refractivity contribution is 5.72. The van der Waals surface area contributed by atoms with Gasteiger partial charge in [0.05, 0.1) is 23.6 Å². The van der Waals surface area contributed by atoms with Gasteiger partial charge >= 0.3 is 6.01 Å². The van der Waals surface area contributed by atoms with Crippen molar-refractivity contribution in [3.8, 4) is 17.1 Å². The van der Waals surface area contributed by atoms with Crippen LogP contribution in [0.3, 0.4) is 0 Å². The zero-order valence-corrected chi connectivity index (χ0v) is 15.2. The molecule has 0 aliphatic heterocycles. The van der Waals surface area contributed by atoms with E-state index in [9.17, 15) is 5.11 Å². The third-order valence-corrected chi connectivity index (χ3v) is 4.13. The Morgan fingerprint density at radius 3 is 2.29 bits per heavy atom. The summed E-state index contributed by atoms with van der Waals surface area (Å²) in [4.78, 5) is 8.96. The molecular formula is C19H27N3O2. The number of hydrogen-bond donors (Lipinski definition) is 2. The van der Waals surface area contributed by atoms with Crippen molar-refractivity contribution in [1.29, 1.82) is 0 Å². The summed E-state index contributed by atoms with van der Waals surface area (Å²) in [7, 11) is 0. The third kappa shape index (κ3) is 4.30. The van der Waals surface area contributed by atoms with Crippen LogP contribution in [0, 0.1) is 20.8 Å². The van der Waals surface area contributed by atoms with Crippen molar-refractivity contribution in [2.75, 3.05) is 6.61 Å². The fourth-order valence-electron chi connectivity index (χ4n) is 2.71. The smallest absolute Gasteiger partial charge is 0.316 e. The summed E-state index contributed by atoms with van der Waals surface area (Å²) in [6, 6.07) is 6.48. The summed E-state index contributed by atoms with van der Waals surface area (Å²) >= 11 is 0. The van der Waals surface area contributed by atoms with E-state index in [1.807, 2.05) is 26.0 Å². The second-order valence-corrected chi connectivity index (χ2v) is 6.76. The molecule has 0 unspecified atom stereocenters. The molecule has 0 atom stereocenters. The number of aryl methyl sites for hydroxylation is 2. The highest BCUT2D eigenvalue weighted by Crippen LogP contribution is 2.30. The minimum Gasteiger partial charge on any atom is -0.463 e. The van der Waals surface area contributed by atoms with Crippen LogP contribution in [-0.2, 0) is 6.54 Å². The Morgan fingerprint density at radius 1 is 1.12 bits per heavy atom. The van der Waals surface area contributed by atoms with Crippen molar-refractivity contribution >= 4 is 0 Å². The summed E-state index contributed by atoms with van der Waals surface area (Å²) in [5.41, 5.74) is 11.2. The van der Waals surface area contributed by atoms with Crippen molar-refractivity contribution < 1.29 is 9.84 Å². The monoisotopic (exact) mass is 329 g/mol.